The molecule has 1 aromatic carbocycles. The van der Waals surface area contributed by atoms with E-state index < -0.39 is 5.82 Å². The standard InChI is InChI=1S/C12H12ClFN4/c1-18-6-7(4-16-18)12-5-15-10-2-8(13)9(14)3-11(10)17-12/h2-4,6,12,15,17H,5H2,1H3. The lowest BCUT2D eigenvalue weighted by molar-refractivity contribution is 0.627. The Hall–Kier alpha value is -1.75. The van der Waals surface area contributed by atoms with Crippen LogP contribution in [0.1, 0.15) is 11.6 Å². The van der Waals surface area contributed by atoms with Crippen molar-refractivity contribution in [2.45, 2.75) is 6.04 Å². The van der Waals surface area contributed by atoms with Crippen molar-refractivity contribution in [2.24, 2.45) is 7.05 Å². The highest BCUT2D eigenvalue weighted by molar-refractivity contribution is 6.31. The second kappa shape index (κ2) is 4.17. The number of aryl methyl sites for hydroxylation is 1. The molecular formula is C12H12ClFN4. The lowest BCUT2D eigenvalue weighted by Gasteiger charge is -2.28. The highest BCUT2D eigenvalue weighted by atomic mass is 35.5. The van der Waals surface area contributed by atoms with Crippen molar-refractivity contribution in [1.82, 2.24) is 9.78 Å². The van der Waals surface area contributed by atoms with Gasteiger partial charge in [-0.1, -0.05) is 11.6 Å². The van der Waals surface area contributed by atoms with Crippen molar-refractivity contribution in [3.8, 4) is 0 Å². The number of halogens is 2. The van der Waals surface area contributed by atoms with E-state index in [9.17, 15) is 4.39 Å². The number of aromatic nitrogens is 2. The minimum Gasteiger partial charge on any atom is -0.381 e. The highest BCUT2D eigenvalue weighted by Crippen LogP contribution is 2.34. The Morgan fingerprint density at radius 3 is 3.00 bits per heavy atom. The van der Waals surface area contributed by atoms with Crippen molar-refractivity contribution < 1.29 is 4.39 Å². The number of hydrogen-bond acceptors (Lipinski definition) is 3. The van der Waals surface area contributed by atoms with Crippen LogP contribution in [0.4, 0.5) is 15.8 Å². The van der Waals surface area contributed by atoms with E-state index in [1.54, 1.807) is 16.9 Å². The van der Waals surface area contributed by atoms with Crippen molar-refractivity contribution >= 4 is 23.0 Å². The fraction of sp³-hybridized carbons (Fsp3) is 0.250. The SMILES string of the molecule is Cn1cc(C2CNc3cc(Cl)c(F)cc3N2)cn1. The van der Waals surface area contributed by atoms with Gasteiger partial charge in [0.25, 0.3) is 0 Å². The third-order valence-corrected chi connectivity index (χ3v) is 3.30. The average molecular weight is 267 g/mol. The minimum absolute atomic E-state index is 0.0757. The van der Waals surface area contributed by atoms with E-state index in [-0.39, 0.29) is 11.1 Å². The third kappa shape index (κ3) is 1.90. The molecule has 0 spiro atoms. The third-order valence-electron chi connectivity index (χ3n) is 3.01. The zero-order chi connectivity index (χ0) is 12.7. The van der Waals surface area contributed by atoms with Gasteiger partial charge in [0.15, 0.2) is 0 Å². The molecule has 2 aromatic rings. The van der Waals surface area contributed by atoms with Gasteiger partial charge < -0.3 is 10.6 Å². The molecule has 0 amide bonds. The normalized spacial score (nSPS) is 17.8. The summed E-state index contributed by atoms with van der Waals surface area (Å²) in [5.41, 5.74) is 2.60. The number of rotatable bonds is 1. The second-order valence-electron chi connectivity index (χ2n) is 4.34. The van der Waals surface area contributed by atoms with Crippen LogP contribution in [0.25, 0.3) is 0 Å². The molecule has 1 atom stereocenters. The quantitative estimate of drug-likeness (QED) is 0.834. The van der Waals surface area contributed by atoms with E-state index >= 15 is 0 Å². The summed E-state index contributed by atoms with van der Waals surface area (Å²) < 4.78 is 15.2. The lowest BCUT2D eigenvalue weighted by atomic mass is 10.1. The Bertz CT molecular complexity index is 596. The number of hydrogen-bond donors (Lipinski definition) is 2. The largest absolute Gasteiger partial charge is 0.381 e. The van der Waals surface area contributed by atoms with Crippen molar-refractivity contribution in [1.29, 1.82) is 0 Å². The van der Waals surface area contributed by atoms with Crippen LogP contribution in [-0.2, 0) is 7.05 Å². The smallest absolute Gasteiger partial charge is 0.143 e. The Labute approximate surface area is 109 Å². The molecule has 0 saturated carbocycles. The highest BCUT2D eigenvalue weighted by Gasteiger charge is 2.21. The van der Waals surface area contributed by atoms with Crippen LogP contribution in [0.2, 0.25) is 5.02 Å². The topological polar surface area (TPSA) is 41.9 Å². The molecule has 0 saturated heterocycles. The fourth-order valence-corrected chi connectivity index (χ4v) is 2.25. The summed E-state index contributed by atoms with van der Waals surface area (Å²) >= 11 is 5.75. The molecule has 18 heavy (non-hydrogen) atoms. The number of fused-ring (bicyclic) bond motifs is 1. The molecule has 1 aliphatic rings. The van der Waals surface area contributed by atoms with E-state index in [2.05, 4.69) is 15.7 Å². The Morgan fingerprint density at radius 2 is 2.28 bits per heavy atom. The summed E-state index contributed by atoms with van der Waals surface area (Å²) in [6.07, 6.45) is 3.74. The summed E-state index contributed by atoms with van der Waals surface area (Å²) in [5.74, 6) is -0.420. The van der Waals surface area contributed by atoms with Gasteiger partial charge in [-0.25, -0.2) is 4.39 Å². The number of nitrogens with one attached hydrogen (secondary N) is 2. The van der Waals surface area contributed by atoms with Crippen LogP contribution < -0.4 is 10.6 Å². The molecule has 1 unspecified atom stereocenters. The van der Waals surface area contributed by atoms with Gasteiger partial charge in [-0.05, 0) is 6.07 Å². The molecule has 1 aliphatic heterocycles. The zero-order valence-electron chi connectivity index (χ0n) is 9.74. The number of benzene rings is 1. The summed E-state index contributed by atoms with van der Waals surface area (Å²) in [7, 11) is 1.87. The maximum atomic E-state index is 13.4. The predicted octanol–water partition coefficient (Wildman–Crippen LogP) is 2.79. The summed E-state index contributed by atoms with van der Waals surface area (Å²) in [6, 6.07) is 3.08. The molecule has 2 N–H and O–H groups in total. The van der Waals surface area contributed by atoms with Crippen LogP contribution in [-0.4, -0.2) is 16.3 Å². The van der Waals surface area contributed by atoms with E-state index in [1.165, 1.54) is 6.07 Å². The van der Waals surface area contributed by atoms with Crippen LogP contribution in [0.5, 0.6) is 0 Å². The Balaban J connectivity index is 1.91. The van der Waals surface area contributed by atoms with Gasteiger partial charge in [-0.15, -0.1) is 0 Å². The summed E-state index contributed by atoms with van der Waals surface area (Å²) in [4.78, 5) is 0. The molecule has 0 radical (unpaired) electrons. The van der Waals surface area contributed by atoms with Crippen molar-refractivity contribution in [3.05, 3.63) is 40.9 Å². The first-order chi connectivity index (χ1) is 8.63. The number of nitrogens with zero attached hydrogens (tertiary/aromatic N) is 2. The van der Waals surface area contributed by atoms with Gasteiger partial charge in [0, 0.05) is 31.4 Å². The predicted molar refractivity (Wildman–Crippen MR) is 69.5 cm³/mol. The monoisotopic (exact) mass is 266 g/mol. The van der Waals surface area contributed by atoms with Gasteiger partial charge >= 0.3 is 0 Å². The first-order valence-electron chi connectivity index (χ1n) is 5.61. The molecule has 94 valence electrons. The first-order valence-corrected chi connectivity index (χ1v) is 5.99. The number of anilines is 2. The molecule has 4 nitrogen and oxygen atoms in total. The maximum absolute atomic E-state index is 13.4. The van der Waals surface area contributed by atoms with Gasteiger partial charge in [0.1, 0.15) is 5.82 Å². The van der Waals surface area contributed by atoms with Crippen LogP contribution >= 0.6 is 11.6 Å². The molecule has 3 rings (SSSR count). The zero-order valence-corrected chi connectivity index (χ0v) is 10.5. The van der Waals surface area contributed by atoms with Gasteiger partial charge in [-0.2, -0.15) is 5.10 Å². The Morgan fingerprint density at radius 1 is 1.44 bits per heavy atom. The van der Waals surface area contributed by atoms with Gasteiger partial charge in [0.05, 0.1) is 28.6 Å². The molecular weight excluding hydrogens is 255 g/mol. The van der Waals surface area contributed by atoms with Crippen LogP contribution in [0, 0.1) is 5.82 Å². The first kappa shape index (κ1) is 11.3. The molecule has 0 aliphatic carbocycles. The second-order valence-corrected chi connectivity index (χ2v) is 4.74. The van der Waals surface area contributed by atoms with Crippen molar-refractivity contribution in [2.75, 3.05) is 17.2 Å². The Kier molecular flexibility index (Phi) is 2.63. The molecule has 6 heteroatoms. The minimum atomic E-state index is -0.420. The van der Waals surface area contributed by atoms with Crippen LogP contribution in [0.3, 0.4) is 0 Å². The molecule has 1 aromatic heterocycles. The fourth-order valence-electron chi connectivity index (χ4n) is 2.08. The molecule has 0 fully saturated rings. The maximum Gasteiger partial charge on any atom is 0.143 e. The van der Waals surface area contributed by atoms with E-state index in [0.717, 1.165) is 16.9 Å². The lowest BCUT2D eigenvalue weighted by Crippen LogP contribution is -2.25. The van der Waals surface area contributed by atoms with Crippen molar-refractivity contribution in [3.63, 3.8) is 0 Å². The summed E-state index contributed by atoms with van der Waals surface area (Å²) in [6.45, 7) is 0.709. The molecule has 2 heterocycles. The van der Waals surface area contributed by atoms with Gasteiger partial charge in [-0.3, -0.25) is 4.68 Å². The van der Waals surface area contributed by atoms with E-state index in [1.807, 2.05) is 13.2 Å². The van der Waals surface area contributed by atoms with E-state index in [4.69, 9.17) is 11.6 Å². The molecule has 0 bridgehead atoms. The van der Waals surface area contributed by atoms with Crippen LogP contribution in [0.15, 0.2) is 24.5 Å². The van der Waals surface area contributed by atoms with E-state index in [0.29, 0.717) is 6.54 Å². The summed E-state index contributed by atoms with van der Waals surface area (Å²) in [5, 5.41) is 10.8. The van der Waals surface area contributed by atoms with Gasteiger partial charge in [0.2, 0.25) is 0 Å². The average Bonchev–Trinajstić information content (AvgIpc) is 2.77.